The molecule has 9 heteroatoms. The average molecular weight is 540 g/mol. The van der Waals surface area contributed by atoms with Gasteiger partial charge in [-0.2, -0.15) is 0 Å². The Balaban J connectivity index is 1.34. The maximum atomic E-state index is 13.8. The van der Waals surface area contributed by atoms with Crippen molar-refractivity contribution in [3.05, 3.63) is 101 Å². The van der Waals surface area contributed by atoms with Crippen LogP contribution < -0.4 is 15.4 Å². The van der Waals surface area contributed by atoms with Crippen molar-refractivity contribution in [3.63, 3.8) is 0 Å². The van der Waals surface area contributed by atoms with Gasteiger partial charge in [0.05, 0.1) is 5.41 Å². The third-order valence-corrected chi connectivity index (χ3v) is 7.25. The smallest absolute Gasteiger partial charge is 0.327 e. The first-order chi connectivity index (χ1) is 19.1. The van der Waals surface area contributed by atoms with E-state index in [4.69, 9.17) is 14.9 Å². The molecule has 1 aromatic heterocycles. The minimum atomic E-state index is -1.04. The molecule has 0 spiro atoms. The number of primary amides is 1. The van der Waals surface area contributed by atoms with Gasteiger partial charge in [0.1, 0.15) is 29.9 Å². The third kappa shape index (κ3) is 4.93. The van der Waals surface area contributed by atoms with Crippen molar-refractivity contribution in [2.75, 3.05) is 4.90 Å². The number of anilines is 1. The number of nitrogens with zero attached hydrogens (tertiary/aromatic N) is 2. The van der Waals surface area contributed by atoms with Gasteiger partial charge in [0.2, 0.25) is 17.7 Å². The molecule has 1 atom stereocenters. The Bertz CT molecular complexity index is 1610. The number of carbonyl (C=O) groups excluding carboxylic acids is 2. The predicted octanol–water partition coefficient (Wildman–Crippen LogP) is 4.65. The number of ether oxygens (including phenoxy) is 1. The minimum Gasteiger partial charge on any atom is -0.487 e. The number of benzene rings is 3. The van der Waals surface area contributed by atoms with Gasteiger partial charge in [0, 0.05) is 23.2 Å². The zero-order valence-electron chi connectivity index (χ0n) is 22.4. The number of rotatable bonds is 8. The fraction of sp³-hybridized carbons (Fsp3) is 0.226. The summed E-state index contributed by atoms with van der Waals surface area (Å²) in [6, 6.07) is 20.2. The highest BCUT2D eigenvalue weighted by Gasteiger charge is 2.44. The van der Waals surface area contributed by atoms with Crippen molar-refractivity contribution in [1.29, 1.82) is 0 Å². The molecule has 9 nitrogen and oxygen atoms in total. The molecule has 1 aliphatic rings. The van der Waals surface area contributed by atoms with Crippen LogP contribution in [0, 0.1) is 6.92 Å². The second-order valence-electron chi connectivity index (χ2n) is 10.3. The molecule has 2 heterocycles. The van der Waals surface area contributed by atoms with E-state index in [0.717, 1.165) is 5.56 Å². The largest absolute Gasteiger partial charge is 0.487 e. The van der Waals surface area contributed by atoms with Gasteiger partial charge in [-0.15, -0.1) is 0 Å². The van der Waals surface area contributed by atoms with E-state index < -0.39 is 23.3 Å². The normalized spacial score (nSPS) is 14.6. The Kier molecular flexibility index (Phi) is 6.89. The Labute approximate surface area is 231 Å². The number of para-hydroxylation sites is 1. The van der Waals surface area contributed by atoms with Gasteiger partial charge >= 0.3 is 5.97 Å². The van der Waals surface area contributed by atoms with Crippen LogP contribution in [-0.2, 0) is 28.0 Å². The highest BCUT2D eigenvalue weighted by molar-refractivity contribution is 6.06. The highest BCUT2D eigenvalue weighted by Crippen LogP contribution is 2.38. The first-order valence-electron chi connectivity index (χ1n) is 12.8. The number of carboxylic acid groups (broad SMARTS) is 1. The molecule has 2 amide bonds. The number of aliphatic carboxylic acids is 1. The first-order valence-corrected chi connectivity index (χ1v) is 12.8. The molecule has 0 fully saturated rings. The van der Waals surface area contributed by atoms with Crippen molar-refractivity contribution in [2.24, 2.45) is 5.73 Å². The number of aromatic nitrogens is 1. The standard InChI is InChI=1S/C31H29N3O6/c1-18-24(33-28(40-18)20-13-11-19(12-14-20)27(32)35)17-39-23-9-6-8-22(16-23)31(2,3)30(38)34-25-10-5-4-7-21(25)15-26(34)29(36)37/h4-14,16,26H,15,17H2,1-3H3,(H2,32,35)(H,36,37)/t26-/m1/s1. The predicted molar refractivity (Wildman–Crippen MR) is 148 cm³/mol. The maximum Gasteiger partial charge on any atom is 0.327 e. The zero-order valence-corrected chi connectivity index (χ0v) is 22.4. The molecule has 0 aliphatic carbocycles. The van der Waals surface area contributed by atoms with Crippen LogP contribution in [0.1, 0.15) is 46.8 Å². The van der Waals surface area contributed by atoms with Gasteiger partial charge < -0.3 is 20.0 Å². The SMILES string of the molecule is Cc1oc(-c2ccc(C(N)=O)cc2)nc1COc1cccc(C(C)(C)C(=O)N2c3ccccc3C[C@@H]2C(=O)O)c1. The molecule has 1 aliphatic heterocycles. The van der Waals surface area contributed by atoms with E-state index in [-0.39, 0.29) is 18.9 Å². The number of oxazole rings is 1. The van der Waals surface area contributed by atoms with Crippen LogP contribution in [0.4, 0.5) is 5.69 Å². The number of aryl methyl sites for hydroxylation is 1. The number of carboxylic acids is 1. The fourth-order valence-electron chi connectivity index (χ4n) is 4.85. The fourth-order valence-corrected chi connectivity index (χ4v) is 4.85. The summed E-state index contributed by atoms with van der Waals surface area (Å²) >= 11 is 0. The van der Waals surface area contributed by atoms with Gasteiger partial charge in [0.25, 0.3) is 0 Å². The molecular weight excluding hydrogens is 510 g/mol. The summed E-state index contributed by atoms with van der Waals surface area (Å²) in [7, 11) is 0. The number of fused-ring (bicyclic) bond motifs is 1. The number of hydrogen-bond donors (Lipinski definition) is 2. The molecule has 5 rings (SSSR count). The van der Waals surface area contributed by atoms with Crippen molar-refractivity contribution in [1.82, 2.24) is 4.98 Å². The van der Waals surface area contributed by atoms with E-state index in [1.165, 1.54) is 4.90 Å². The van der Waals surface area contributed by atoms with Crippen LogP contribution in [0.15, 0.2) is 77.2 Å². The van der Waals surface area contributed by atoms with E-state index >= 15 is 0 Å². The molecule has 204 valence electrons. The van der Waals surface area contributed by atoms with Gasteiger partial charge in [-0.25, -0.2) is 9.78 Å². The molecule has 40 heavy (non-hydrogen) atoms. The Morgan fingerprint density at radius 1 is 1.07 bits per heavy atom. The molecule has 0 saturated heterocycles. The summed E-state index contributed by atoms with van der Waals surface area (Å²) in [4.78, 5) is 43.2. The number of carbonyl (C=O) groups is 3. The summed E-state index contributed by atoms with van der Waals surface area (Å²) in [5.74, 6) is -0.336. The van der Waals surface area contributed by atoms with Crippen molar-refractivity contribution in [2.45, 2.75) is 45.3 Å². The monoisotopic (exact) mass is 539 g/mol. The van der Waals surface area contributed by atoms with Crippen LogP contribution in [-0.4, -0.2) is 33.9 Å². The van der Waals surface area contributed by atoms with Crippen molar-refractivity contribution < 1.29 is 28.6 Å². The Hall–Kier alpha value is -4.92. The number of amides is 2. The molecule has 4 aromatic rings. The zero-order chi connectivity index (χ0) is 28.6. The molecule has 0 unspecified atom stereocenters. The van der Waals surface area contributed by atoms with Gasteiger partial charge in [-0.05, 0) is 74.4 Å². The Morgan fingerprint density at radius 2 is 1.80 bits per heavy atom. The highest BCUT2D eigenvalue weighted by atomic mass is 16.5. The number of hydrogen-bond acceptors (Lipinski definition) is 6. The van der Waals surface area contributed by atoms with Gasteiger partial charge in [-0.1, -0.05) is 30.3 Å². The van der Waals surface area contributed by atoms with Gasteiger partial charge in [0.15, 0.2) is 0 Å². The second kappa shape index (κ2) is 10.3. The molecule has 3 N–H and O–H groups in total. The summed E-state index contributed by atoms with van der Waals surface area (Å²) < 4.78 is 11.8. The van der Waals surface area contributed by atoms with Crippen LogP contribution >= 0.6 is 0 Å². The van der Waals surface area contributed by atoms with E-state index in [9.17, 15) is 19.5 Å². The third-order valence-electron chi connectivity index (χ3n) is 7.25. The maximum absolute atomic E-state index is 13.8. The van der Waals surface area contributed by atoms with Crippen molar-refractivity contribution in [3.8, 4) is 17.2 Å². The second-order valence-corrected chi connectivity index (χ2v) is 10.3. The van der Waals surface area contributed by atoms with E-state index in [2.05, 4.69) is 4.98 Å². The van der Waals surface area contributed by atoms with Crippen LogP contribution in [0.3, 0.4) is 0 Å². The molecule has 0 saturated carbocycles. The summed E-state index contributed by atoms with van der Waals surface area (Å²) in [5, 5.41) is 9.85. The summed E-state index contributed by atoms with van der Waals surface area (Å²) in [6.07, 6.45) is 0.269. The minimum absolute atomic E-state index is 0.132. The lowest BCUT2D eigenvalue weighted by molar-refractivity contribution is -0.140. The first kappa shape index (κ1) is 26.7. The van der Waals surface area contributed by atoms with Crippen LogP contribution in [0.2, 0.25) is 0 Å². The number of nitrogens with two attached hydrogens (primary N) is 1. The van der Waals surface area contributed by atoms with E-state index in [1.54, 1.807) is 75.4 Å². The topological polar surface area (TPSA) is 136 Å². The lowest BCUT2D eigenvalue weighted by Crippen LogP contribution is -2.50. The molecule has 0 bridgehead atoms. The van der Waals surface area contributed by atoms with E-state index in [0.29, 0.717) is 45.5 Å². The quantitative estimate of drug-likeness (QED) is 0.333. The van der Waals surface area contributed by atoms with Gasteiger partial charge in [-0.3, -0.25) is 14.5 Å². The summed E-state index contributed by atoms with van der Waals surface area (Å²) in [5.41, 5.74) is 8.13. The molecule has 0 radical (unpaired) electrons. The van der Waals surface area contributed by atoms with Crippen LogP contribution in [0.25, 0.3) is 11.5 Å². The Morgan fingerprint density at radius 3 is 2.50 bits per heavy atom. The lowest BCUT2D eigenvalue weighted by atomic mass is 9.82. The summed E-state index contributed by atoms with van der Waals surface area (Å²) in [6.45, 7) is 5.49. The van der Waals surface area contributed by atoms with Crippen molar-refractivity contribution >= 4 is 23.5 Å². The lowest BCUT2D eigenvalue weighted by Gasteiger charge is -2.32. The average Bonchev–Trinajstić information content (AvgIpc) is 3.52. The molecule has 3 aromatic carbocycles. The molecular formula is C31H29N3O6. The van der Waals surface area contributed by atoms with E-state index in [1.807, 2.05) is 18.2 Å². The van der Waals surface area contributed by atoms with Crippen LogP contribution in [0.5, 0.6) is 5.75 Å².